The van der Waals surface area contributed by atoms with Gasteiger partial charge in [-0.15, -0.1) is 0 Å². The Labute approximate surface area is 178 Å². The quantitative estimate of drug-likeness (QED) is 0.404. The van der Waals surface area contributed by atoms with Crippen molar-refractivity contribution in [1.29, 1.82) is 0 Å². The summed E-state index contributed by atoms with van der Waals surface area (Å²) in [5.74, 6) is -0.293. The molecule has 158 valence electrons. The van der Waals surface area contributed by atoms with E-state index in [-0.39, 0.29) is 5.91 Å². The van der Waals surface area contributed by atoms with Crippen LogP contribution in [0.4, 0.5) is 0 Å². The molecule has 0 radical (unpaired) electrons. The molecule has 0 atom stereocenters. The Morgan fingerprint density at radius 1 is 1.10 bits per heavy atom. The summed E-state index contributed by atoms with van der Waals surface area (Å²) in [4.78, 5) is 29.7. The first-order valence-electron chi connectivity index (χ1n) is 9.69. The predicted octanol–water partition coefficient (Wildman–Crippen LogP) is 3.67. The van der Waals surface area contributed by atoms with E-state index in [1.165, 1.54) is 18.4 Å². The van der Waals surface area contributed by atoms with Gasteiger partial charge in [-0.2, -0.15) is 4.99 Å². The first-order chi connectivity index (χ1) is 14.6. The number of ether oxygens (including phenoxy) is 3. The summed E-state index contributed by atoms with van der Waals surface area (Å²) in [5, 5.41) is 0. The summed E-state index contributed by atoms with van der Waals surface area (Å²) < 4.78 is 18.6. The van der Waals surface area contributed by atoms with E-state index in [0.717, 1.165) is 10.2 Å². The number of benzene rings is 2. The van der Waals surface area contributed by atoms with Gasteiger partial charge in [0.25, 0.3) is 5.91 Å². The number of carbonyl (C=O) groups excluding carboxylic acids is 2. The van der Waals surface area contributed by atoms with Crippen LogP contribution in [0.2, 0.25) is 0 Å². The third kappa shape index (κ3) is 4.77. The highest BCUT2D eigenvalue weighted by Gasteiger charge is 2.15. The molecular formula is C22H24N2O5S. The number of hydrogen-bond acceptors (Lipinski definition) is 6. The molecule has 30 heavy (non-hydrogen) atoms. The van der Waals surface area contributed by atoms with Crippen molar-refractivity contribution in [3.63, 3.8) is 0 Å². The van der Waals surface area contributed by atoms with Gasteiger partial charge in [-0.05, 0) is 44.2 Å². The third-order valence-corrected chi connectivity index (χ3v) is 5.42. The second-order valence-electron chi connectivity index (χ2n) is 6.25. The lowest BCUT2D eigenvalue weighted by atomic mass is 10.2. The molecule has 0 unspecified atom stereocenters. The monoisotopic (exact) mass is 428 g/mol. The maximum atomic E-state index is 12.9. The van der Waals surface area contributed by atoms with Crippen molar-refractivity contribution < 1.29 is 23.8 Å². The van der Waals surface area contributed by atoms with Crippen molar-refractivity contribution in [1.82, 2.24) is 4.57 Å². The summed E-state index contributed by atoms with van der Waals surface area (Å²) in [6.45, 7) is 5.87. The number of amides is 1. The van der Waals surface area contributed by atoms with Crippen LogP contribution in [-0.2, 0) is 16.0 Å². The summed E-state index contributed by atoms with van der Waals surface area (Å²) in [6.07, 6.45) is 0. The van der Waals surface area contributed by atoms with Gasteiger partial charge in [-0.1, -0.05) is 23.5 Å². The molecule has 8 heteroatoms. The Balaban J connectivity index is 2.09. The van der Waals surface area contributed by atoms with E-state index in [1.54, 1.807) is 30.3 Å². The number of thiazole rings is 1. The maximum absolute atomic E-state index is 12.9. The molecule has 0 fully saturated rings. The van der Waals surface area contributed by atoms with Crippen LogP contribution in [0.5, 0.6) is 5.75 Å². The maximum Gasteiger partial charge on any atom is 0.337 e. The molecule has 2 aromatic carbocycles. The van der Waals surface area contributed by atoms with Gasteiger partial charge in [-0.25, -0.2) is 4.79 Å². The number of methoxy groups -OCH3 is 1. The van der Waals surface area contributed by atoms with E-state index in [4.69, 9.17) is 14.2 Å². The van der Waals surface area contributed by atoms with E-state index >= 15 is 0 Å². The highest BCUT2D eigenvalue weighted by Crippen LogP contribution is 2.22. The molecule has 1 heterocycles. The number of aromatic nitrogens is 1. The number of nitrogens with zero attached hydrogens (tertiary/aromatic N) is 2. The number of para-hydroxylation sites is 1. The molecule has 1 aromatic heterocycles. The lowest BCUT2D eigenvalue weighted by molar-refractivity contribution is 0.0600. The van der Waals surface area contributed by atoms with E-state index < -0.39 is 5.97 Å². The van der Waals surface area contributed by atoms with Gasteiger partial charge in [0.1, 0.15) is 5.75 Å². The molecule has 0 bridgehead atoms. The number of rotatable bonds is 8. The summed E-state index contributed by atoms with van der Waals surface area (Å²) in [5.41, 5.74) is 1.73. The Hall–Kier alpha value is -2.97. The van der Waals surface area contributed by atoms with Gasteiger partial charge < -0.3 is 18.8 Å². The van der Waals surface area contributed by atoms with Crippen molar-refractivity contribution in [2.45, 2.75) is 20.4 Å². The molecule has 3 aromatic rings. The highest BCUT2D eigenvalue weighted by atomic mass is 32.1. The van der Waals surface area contributed by atoms with Gasteiger partial charge in [0, 0.05) is 13.2 Å². The molecular weight excluding hydrogens is 404 g/mol. The largest absolute Gasteiger partial charge is 0.493 e. The van der Waals surface area contributed by atoms with E-state index in [2.05, 4.69) is 4.99 Å². The lowest BCUT2D eigenvalue weighted by Crippen LogP contribution is -2.20. The third-order valence-electron chi connectivity index (χ3n) is 4.38. The molecule has 0 aliphatic heterocycles. The Bertz CT molecular complexity index is 1120. The number of fused-ring (bicyclic) bond motifs is 1. The highest BCUT2D eigenvalue weighted by molar-refractivity contribution is 7.16. The molecule has 0 saturated carbocycles. The Morgan fingerprint density at radius 2 is 1.90 bits per heavy atom. The number of esters is 1. The molecule has 1 amide bonds. The van der Waals surface area contributed by atoms with Gasteiger partial charge in [0.15, 0.2) is 4.80 Å². The number of hydrogen-bond donors (Lipinski definition) is 0. The standard InChI is InChI=1S/C22H24N2O5S/c1-4-28-13-12-24-17-11-10-15(21(26)27-3)14-19(17)30-22(24)23-20(25)16-8-6-7-9-18(16)29-5-2/h6-11,14H,4-5,12-13H2,1-3H3. The molecule has 0 N–H and O–H groups in total. The number of carbonyl (C=O) groups is 2. The second-order valence-corrected chi connectivity index (χ2v) is 7.26. The van der Waals surface area contributed by atoms with Crippen molar-refractivity contribution in [3.05, 3.63) is 58.4 Å². The van der Waals surface area contributed by atoms with Crippen LogP contribution in [0.3, 0.4) is 0 Å². The van der Waals surface area contributed by atoms with E-state index in [1.807, 2.05) is 30.5 Å². The molecule has 7 nitrogen and oxygen atoms in total. The van der Waals surface area contributed by atoms with Crippen LogP contribution in [0, 0.1) is 0 Å². The summed E-state index contributed by atoms with van der Waals surface area (Å²) >= 11 is 1.34. The summed E-state index contributed by atoms with van der Waals surface area (Å²) in [7, 11) is 1.35. The second kappa shape index (κ2) is 10.2. The van der Waals surface area contributed by atoms with E-state index in [0.29, 0.717) is 48.0 Å². The van der Waals surface area contributed by atoms with Gasteiger partial charge in [-0.3, -0.25) is 4.79 Å². The zero-order valence-corrected chi connectivity index (χ0v) is 18.0. The predicted molar refractivity (Wildman–Crippen MR) is 115 cm³/mol. The topological polar surface area (TPSA) is 79.1 Å². The van der Waals surface area contributed by atoms with Crippen molar-refractivity contribution >= 4 is 33.4 Å². The van der Waals surface area contributed by atoms with Crippen molar-refractivity contribution in [3.8, 4) is 5.75 Å². The molecule has 0 spiro atoms. The first kappa shape index (κ1) is 21.7. The zero-order valence-electron chi connectivity index (χ0n) is 17.2. The lowest BCUT2D eigenvalue weighted by Gasteiger charge is -2.07. The average Bonchev–Trinajstić information content (AvgIpc) is 3.10. The van der Waals surface area contributed by atoms with Crippen LogP contribution >= 0.6 is 11.3 Å². The fourth-order valence-electron chi connectivity index (χ4n) is 2.99. The van der Waals surface area contributed by atoms with Crippen LogP contribution in [0.15, 0.2) is 47.5 Å². The SMILES string of the molecule is CCOCCn1c(=NC(=O)c2ccccc2OCC)sc2cc(C(=O)OC)ccc21. The normalized spacial score (nSPS) is 11.6. The zero-order chi connectivity index (χ0) is 21.5. The Morgan fingerprint density at radius 3 is 2.63 bits per heavy atom. The van der Waals surface area contributed by atoms with Crippen molar-refractivity contribution in [2.75, 3.05) is 26.9 Å². The Kier molecular flexibility index (Phi) is 7.37. The fraction of sp³-hybridized carbons (Fsp3) is 0.318. The van der Waals surface area contributed by atoms with Crippen LogP contribution in [0.25, 0.3) is 10.2 Å². The minimum Gasteiger partial charge on any atom is -0.493 e. The average molecular weight is 429 g/mol. The van der Waals surface area contributed by atoms with E-state index in [9.17, 15) is 9.59 Å². The van der Waals surface area contributed by atoms with Crippen LogP contribution in [0.1, 0.15) is 34.6 Å². The molecule has 3 rings (SSSR count). The van der Waals surface area contributed by atoms with Crippen molar-refractivity contribution in [2.24, 2.45) is 4.99 Å². The summed E-state index contributed by atoms with van der Waals surface area (Å²) in [6, 6.07) is 12.3. The van der Waals surface area contributed by atoms with Gasteiger partial charge in [0.05, 0.1) is 41.7 Å². The molecule has 0 aliphatic rings. The molecule has 0 saturated heterocycles. The minimum atomic E-state index is -0.411. The fourth-order valence-corrected chi connectivity index (χ4v) is 4.09. The minimum absolute atomic E-state index is 0.385. The van der Waals surface area contributed by atoms with Gasteiger partial charge >= 0.3 is 5.97 Å². The first-order valence-corrected chi connectivity index (χ1v) is 10.5. The van der Waals surface area contributed by atoms with Crippen LogP contribution in [-0.4, -0.2) is 43.4 Å². The smallest absolute Gasteiger partial charge is 0.337 e. The molecule has 0 aliphatic carbocycles. The van der Waals surface area contributed by atoms with Crippen LogP contribution < -0.4 is 9.54 Å². The van der Waals surface area contributed by atoms with Gasteiger partial charge in [0.2, 0.25) is 0 Å².